The van der Waals surface area contributed by atoms with Crippen molar-refractivity contribution >= 4 is 33.6 Å². The molecule has 0 aliphatic heterocycles. The quantitative estimate of drug-likeness (QED) is 0.744. The van der Waals surface area contributed by atoms with E-state index in [0.29, 0.717) is 5.02 Å². The van der Waals surface area contributed by atoms with E-state index in [-0.39, 0.29) is 0 Å². The molecular weight excluding hydrogens is 237 g/mol. The van der Waals surface area contributed by atoms with Gasteiger partial charge in [-0.25, -0.2) is 0 Å². The van der Waals surface area contributed by atoms with E-state index in [1.165, 1.54) is 0 Å². The molecule has 1 heterocycles. The third-order valence-electron chi connectivity index (χ3n) is 1.31. The molecule has 0 atom stereocenters. The van der Waals surface area contributed by atoms with Gasteiger partial charge in [0.2, 0.25) is 0 Å². The predicted octanol–water partition coefficient (Wildman–Crippen LogP) is 3.53. The van der Waals surface area contributed by atoms with Gasteiger partial charge in [-0.2, -0.15) is 0 Å². The van der Waals surface area contributed by atoms with Gasteiger partial charge in [0.15, 0.2) is 0 Å². The lowest BCUT2D eigenvalue weighted by atomic mass is 10.2. The standard InChI is InChI=1S/C9H9BrClN/c10-4-2-1-3-8-5-9(11)7-12-6-8/h1,3,5-7H,2,4H2. The van der Waals surface area contributed by atoms with Gasteiger partial charge in [0.25, 0.3) is 0 Å². The Hall–Kier alpha value is -0.340. The van der Waals surface area contributed by atoms with Gasteiger partial charge in [0.05, 0.1) is 5.02 Å². The smallest absolute Gasteiger partial charge is 0.0595 e. The van der Waals surface area contributed by atoms with Crippen LogP contribution < -0.4 is 0 Å². The SMILES string of the molecule is Clc1cncc(C=CCCBr)c1. The summed E-state index contributed by atoms with van der Waals surface area (Å²) in [6.07, 6.45) is 8.54. The van der Waals surface area contributed by atoms with Crippen molar-refractivity contribution in [3.63, 3.8) is 0 Å². The molecule has 12 heavy (non-hydrogen) atoms. The topological polar surface area (TPSA) is 12.9 Å². The second-order valence-electron chi connectivity index (χ2n) is 2.32. The molecule has 0 saturated heterocycles. The fourth-order valence-corrected chi connectivity index (χ4v) is 1.25. The molecule has 1 aromatic heterocycles. The van der Waals surface area contributed by atoms with Crippen molar-refractivity contribution in [1.29, 1.82) is 0 Å². The average Bonchev–Trinajstić information content (AvgIpc) is 2.05. The molecule has 0 fully saturated rings. The first-order valence-electron chi connectivity index (χ1n) is 3.66. The fourth-order valence-electron chi connectivity index (χ4n) is 0.802. The summed E-state index contributed by atoms with van der Waals surface area (Å²) in [6, 6.07) is 1.89. The number of pyridine rings is 1. The van der Waals surface area contributed by atoms with Crippen molar-refractivity contribution in [1.82, 2.24) is 4.98 Å². The van der Waals surface area contributed by atoms with Crippen molar-refractivity contribution in [2.45, 2.75) is 6.42 Å². The second kappa shape index (κ2) is 5.33. The Morgan fingerprint density at radius 2 is 2.33 bits per heavy atom. The van der Waals surface area contributed by atoms with Crippen LogP contribution in [0.3, 0.4) is 0 Å². The lowest BCUT2D eigenvalue weighted by molar-refractivity contribution is 1.26. The molecule has 0 N–H and O–H groups in total. The Kier molecular flexibility index (Phi) is 4.33. The van der Waals surface area contributed by atoms with Crippen LogP contribution in [0.2, 0.25) is 5.02 Å². The maximum absolute atomic E-state index is 5.75. The van der Waals surface area contributed by atoms with Gasteiger partial charge in [-0.15, -0.1) is 0 Å². The second-order valence-corrected chi connectivity index (χ2v) is 3.55. The van der Waals surface area contributed by atoms with E-state index >= 15 is 0 Å². The van der Waals surface area contributed by atoms with Gasteiger partial charge in [-0.3, -0.25) is 4.98 Å². The number of hydrogen-bond acceptors (Lipinski definition) is 1. The van der Waals surface area contributed by atoms with Crippen molar-refractivity contribution in [2.75, 3.05) is 5.33 Å². The summed E-state index contributed by atoms with van der Waals surface area (Å²) in [6.45, 7) is 0. The molecule has 0 aliphatic rings. The highest BCUT2D eigenvalue weighted by Gasteiger charge is 1.88. The molecule has 0 bridgehead atoms. The maximum atomic E-state index is 5.75. The van der Waals surface area contributed by atoms with E-state index in [1.807, 2.05) is 12.1 Å². The van der Waals surface area contributed by atoms with E-state index in [0.717, 1.165) is 17.3 Å². The lowest BCUT2D eigenvalue weighted by Gasteiger charge is -1.92. The summed E-state index contributed by atoms with van der Waals surface area (Å²) in [4.78, 5) is 3.97. The third kappa shape index (κ3) is 3.37. The summed E-state index contributed by atoms with van der Waals surface area (Å²) in [5.74, 6) is 0. The summed E-state index contributed by atoms with van der Waals surface area (Å²) in [7, 11) is 0. The van der Waals surface area contributed by atoms with Crippen molar-refractivity contribution in [3.05, 3.63) is 35.1 Å². The zero-order chi connectivity index (χ0) is 8.81. The minimum Gasteiger partial charge on any atom is -0.263 e. The van der Waals surface area contributed by atoms with Crippen LogP contribution in [0, 0.1) is 0 Å². The Morgan fingerprint density at radius 1 is 1.50 bits per heavy atom. The molecule has 0 spiro atoms. The minimum absolute atomic E-state index is 0.677. The highest BCUT2D eigenvalue weighted by atomic mass is 79.9. The highest BCUT2D eigenvalue weighted by molar-refractivity contribution is 9.09. The van der Waals surface area contributed by atoms with Crippen LogP contribution in [0.5, 0.6) is 0 Å². The molecule has 1 nitrogen and oxygen atoms in total. The third-order valence-corrected chi connectivity index (χ3v) is 1.98. The molecular formula is C9H9BrClN. The zero-order valence-electron chi connectivity index (χ0n) is 6.50. The number of nitrogens with zero attached hydrogens (tertiary/aromatic N) is 1. The number of aromatic nitrogens is 1. The molecule has 1 aromatic rings. The Balaban J connectivity index is 2.63. The number of hydrogen-bond donors (Lipinski definition) is 0. The van der Waals surface area contributed by atoms with E-state index < -0.39 is 0 Å². The number of allylic oxidation sites excluding steroid dienone is 1. The first kappa shape index (κ1) is 9.75. The first-order chi connectivity index (χ1) is 5.83. The predicted molar refractivity (Wildman–Crippen MR) is 56.7 cm³/mol. The van der Waals surface area contributed by atoms with E-state index in [4.69, 9.17) is 11.6 Å². The van der Waals surface area contributed by atoms with Gasteiger partial charge in [-0.1, -0.05) is 39.7 Å². The molecule has 0 radical (unpaired) electrons. The van der Waals surface area contributed by atoms with E-state index in [1.54, 1.807) is 12.4 Å². The molecule has 0 aromatic carbocycles. The Morgan fingerprint density at radius 3 is 3.00 bits per heavy atom. The first-order valence-corrected chi connectivity index (χ1v) is 5.16. The Bertz CT molecular complexity index is 273. The number of rotatable bonds is 3. The van der Waals surface area contributed by atoms with Crippen LogP contribution in [0.1, 0.15) is 12.0 Å². The normalized spacial score (nSPS) is 10.8. The summed E-state index contributed by atoms with van der Waals surface area (Å²) >= 11 is 9.10. The van der Waals surface area contributed by atoms with Crippen molar-refractivity contribution in [2.24, 2.45) is 0 Å². The van der Waals surface area contributed by atoms with Gasteiger partial charge in [0.1, 0.15) is 0 Å². The molecule has 1 rings (SSSR count). The molecule has 0 saturated carbocycles. The van der Waals surface area contributed by atoms with E-state index in [2.05, 4.69) is 27.0 Å². The molecule has 64 valence electrons. The maximum Gasteiger partial charge on any atom is 0.0595 e. The van der Waals surface area contributed by atoms with Crippen LogP contribution in [-0.2, 0) is 0 Å². The van der Waals surface area contributed by atoms with Crippen molar-refractivity contribution in [3.8, 4) is 0 Å². The number of alkyl halides is 1. The highest BCUT2D eigenvalue weighted by Crippen LogP contribution is 2.09. The minimum atomic E-state index is 0.677. The molecule has 3 heteroatoms. The lowest BCUT2D eigenvalue weighted by Crippen LogP contribution is -1.75. The van der Waals surface area contributed by atoms with E-state index in [9.17, 15) is 0 Å². The summed E-state index contributed by atoms with van der Waals surface area (Å²) in [5.41, 5.74) is 1.04. The summed E-state index contributed by atoms with van der Waals surface area (Å²) < 4.78 is 0. The summed E-state index contributed by atoms with van der Waals surface area (Å²) in [5, 5.41) is 1.66. The van der Waals surface area contributed by atoms with Gasteiger partial charge >= 0.3 is 0 Å². The van der Waals surface area contributed by atoms with Gasteiger partial charge in [0, 0.05) is 17.7 Å². The van der Waals surface area contributed by atoms with Crippen LogP contribution >= 0.6 is 27.5 Å². The average molecular weight is 247 g/mol. The zero-order valence-corrected chi connectivity index (χ0v) is 8.85. The number of halogens is 2. The molecule has 0 unspecified atom stereocenters. The molecule has 0 aliphatic carbocycles. The Labute approximate surface area is 85.6 Å². The monoisotopic (exact) mass is 245 g/mol. The fraction of sp³-hybridized carbons (Fsp3) is 0.222. The molecule has 0 amide bonds. The van der Waals surface area contributed by atoms with Crippen LogP contribution in [0.25, 0.3) is 6.08 Å². The van der Waals surface area contributed by atoms with Crippen LogP contribution in [-0.4, -0.2) is 10.3 Å². The van der Waals surface area contributed by atoms with Crippen LogP contribution in [0.15, 0.2) is 24.5 Å². The van der Waals surface area contributed by atoms with Crippen LogP contribution in [0.4, 0.5) is 0 Å². The van der Waals surface area contributed by atoms with Gasteiger partial charge in [-0.05, 0) is 18.1 Å². The van der Waals surface area contributed by atoms with Crippen molar-refractivity contribution < 1.29 is 0 Å². The largest absolute Gasteiger partial charge is 0.263 e. The van der Waals surface area contributed by atoms with Gasteiger partial charge < -0.3 is 0 Å².